The van der Waals surface area contributed by atoms with Crippen LogP contribution in [0.15, 0.2) is 40.9 Å². The molecule has 21 heavy (non-hydrogen) atoms. The summed E-state index contributed by atoms with van der Waals surface area (Å²) in [6.07, 6.45) is 0. The first-order valence-corrected chi connectivity index (χ1v) is 6.41. The molecule has 2 N–H and O–H groups in total. The number of aromatic hydroxyl groups is 1. The third kappa shape index (κ3) is 3.34. The van der Waals surface area contributed by atoms with Crippen molar-refractivity contribution in [1.29, 1.82) is 0 Å². The second kappa shape index (κ2) is 5.88. The molecule has 108 valence electrons. The smallest absolute Gasteiger partial charge is 0.310 e. The molecule has 0 heterocycles. The molecule has 2 aromatic carbocycles. The first-order chi connectivity index (χ1) is 9.88. The molecule has 0 spiro atoms. The third-order valence-corrected chi connectivity index (χ3v) is 3.10. The summed E-state index contributed by atoms with van der Waals surface area (Å²) in [5.74, 6) is -1.96. The maximum Gasteiger partial charge on any atom is 0.310 e. The molecule has 1 amide bonds. The molecule has 0 saturated carbocycles. The Bertz CT molecular complexity index is 736. The van der Waals surface area contributed by atoms with Gasteiger partial charge in [-0.15, -0.1) is 0 Å². The minimum absolute atomic E-state index is 0.0301. The van der Waals surface area contributed by atoms with Gasteiger partial charge in [0.1, 0.15) is 5.82 Å². The van der Waals surface area contributed by atoms with Crippen molar-refractivity contribution in [3.8, 4) is 5.75 Å². The van der Waals surface area contributed by atoms with Gasteiger partial charge in [-0.1, -0.05) is 15.9 Å². The van der Waals surface area contributed by atoms with E-state index in [1.165, 1.54) is 24.3 Å². The maximum atomic E-state index is 13.5. The fourth-order valence-corrected chi connectivity index (χ4v) is 1.97. The van der Waals surface area contributed by atoms with Gasteiger partial charge in [0.25, 0.3) is 5.91 Å². The number of hydrogen-bond acceptors (Lipinski definition) is 4. The average molecular weight is 355 g/mol. The van der Waals surface area contributed by atoms with E-state index >= 15 is 0 Å². The van der Waals surface area contributed by atoms with Crippen LogP contribution in [0, 0.1) is 15.9 Å². The number of nitrogens with one attached hydrogen (secondary N) is 1. The Balaban J connectivity index is 2.26. The summed E-state index contributed by atoms with van der Waals surface area (Å²) in [7, 11) is 0. The first-order valence-electron chi connectivity index (χ1n) is 5.62. The van der Waals surface area contributed by atoms with Crippen LogP contribution in [0.3, 0.4) is 0 Å². The molecule has 2 rings (SSSR count). The summed E-state index contributed by atoms with van der Waals surface area (Å²) in [5.41, 5.74) is -0.593. The van der Waals surface area contributed by atoms with Crippen LogP contribution >= 0.6 is 15.9 Å². The normalized spacial score (nSPS) is 10.2. The SMILES string of the molecule is O=C(Nc1cc(Br)ccc1F)c1ccc([N+](=O)[O-])c(O)c1. The Morgan fingerprint density at radius 3 is 2.62 bits per heavy atom. The fraction of sp³-hybridized carbons (Fsp3) is 0. The Labute approximate surface area is 126 Å². The summed E-state index contributed by atoms with van der Waals surface area (Å²) in [6, 6.07) is 7.14. The Morgan fingerprint density at radius 1 is 1.29 bits per heavy atom. The summed E-state index contributed by atoms with van der Waals surface area (Å²) in [6.45, 7) is 0. The summed E-state index contributed by atoms with van der Waals surface area (Å²) in [5, 5.41) is 22.4. The van der Waals surface area contributed by atoms with Gasteiger partial charge in [0, 0.05) is 16.1 Å². The second-order valence-corrected chi connectivity index (χ2v) is 4.95. The molecule has 2 aromatic rings. The summed E-state index contributed by atoms with van der Waals surface area (Å²) >= 11 is 3.15. The number of halogens is 2. The number of nitrogens with zero attached hydrogens (tertiary/aromatic N) is 1. The topological polar surface area (TPSA) is 92.5 Å². The lowest BCUT2D eigenvalue weighted by Gasteiger charge is -2.07. The molecular weight excluding hydrogens is 347 g/mol. The number of carbonyl (C=O) groups is 1. The lowest BCUT2D eigenvalue weighted by atomic mass is 10.1. The number of carbonyl (C=O) groups excluding carboxylic acids is 1. The van der Waals surface area contributed by atoms with E-state index in [-0.39, 0.29) is 11.3 Å². The number of rotatable bonds is 3. The first kappa shape index (κ1) is 14.9. The van der Waals surface area contributed by atoms with Gasteiger partial charge in [0.05, 0.1) is 10.6 Å². The van der Waals surface area contributed by atoms with Crippen molar-refractivity contribution in [2.75, 3.05) is 5.32 Å². The number of nitro groups is 1. The van der Waals surface area contributed by atoms with Gasteiger partial charge >= 0.3 is 5.69 Å². The molecule has 6 nitrogen and oxygen atoms in total. The van der Waals surface area contributed by atoms with Crippen LogP contribution in [0.2, 0.25) is 0 Å². The molecule has 0 unspecified atom stereocenters. The van der Waals surface area contributed by atoms with Crippen LogP contribution in [0.5, 0.6) is 5.75 Å². The average Bonchev–Trinajstić information content (AvgIpc) is 2.42. The predicted octanol–water partition coefficient (Wildman–Crippen LogP) is 3.45. The van der Waals surface area contributed by atoms with Crippen molar-refractivity contribution in [2.24, 2.45) is 0 Å². The van der Waals surface area contributed by atoms with Crippen molar-refractivity contribution >= 4 is 33.2 Å². The molecule has 0 aliphatic carbocycles. The molecule has 0 bridgehead atoms. The van der Waals surface area contributed by atoms with Gasteiger partial charge in [-0.05, 0) is 30.3 Å². The molecule has 0 aliphatic heterocycles. The van der Waals surface area contributed by atoms with Crippen molar-refractivity contribution in [1.82, 2.24) is 0 Å². The highest BCUT2D eigenvalue weighted by atomic mass is 79.9. The van der Waals surface area contributed by atoms with E-state index in [2.05, 4.69) is 21.2 Å². The monoisotopic (exact) mass is 354 g/mol. The van der Waals surface area contributed by atoms with Crippen LogP contribution in [0.4, 0.5) is 15.8 Å². The molecule has 0 aliphatic rings. The number of phenols is 1. The van der Waals surface area contributed by atoms with Crippen LogP contribution < -0.4 is 5.32 Å². The largest absolute Gasteiger partial charge is 0.502 e. The van der Waals surface area contributed by atoms with Crippen molar-refractivity contribution in [3.63, 3.8) is 0 Å². The Kier molecular flexibility index (Phi) is 4.18. The van der Waals surface area contributed by atoms with Gasteiger partial charge in [-0.3, -0.25) is 14.9 Å². The van der Waals surface area contributed by atoms with E-state index in [1.807, 2.05) is 0 Å². The van der Waals surface area contributed by atoms with Gasteiger partial charge in [0.15, 0.2) is 5.75 Å². The zero-order valence-corrected chi connectivity index (χ0v) is 11.9. The highest BCUT2D eigenvalue weighted by molar-refractivity contribution is 9.10. The Hall–Kier alpha value is -2.48. The van der Waals surface area contributed by atoms with Crippen molar-refractivity contribution < 1.29 is 19.2 Å². The maximum absolute atomic E-state index is 13.5. The molecule has 0 radical (unpaired) electrons. The Morgan fingerprint density at radius 2 is 2.00 bits per heavy atom. The fourth-order valence-electron chi connectivity index (χ4n) is 1.61. The number of amides is 1. The number of phenolic OH excluding ortho intramolecular Hbond substituents is 1. The number of hydrogen-bond donors (Lipinski definition) is 2. The predicted molar refractivity (Wildman–Crippen MR) is 76.8 cm³/mol. The quantitative estimate of drug-likeness (QED) is 0.652. The van der Waals surface area contributed by atoms with Crippen LogP contribution in [-0.2, 0) is 0 Å². The van der Waals surface area contributed by atoms with E-state index in [0.717, 1.165) is 12.1 Å². The summed E-state index contributed by atoms with van der Waals surface area (Å²) < 4.78 is 14.1. The zero-order valence-electron chi connectivity index (χ0n) is 10.3. The van der Waals surface area contributed by atoms with Crippen LogP contribution in [0.1, 0.15) is 10.4 Å². The van der Waals surface area contributed by atoms with E-state index in [1.54, 1.807) is 0 Å². The minimum Gasteiger partial charge on any atom is -0.502 e. The van der Waals surface area contributed by atoms with E-state index in [4.69, 9.17) is 0 Å². The van der Waals surface area contributed by atoms with Crippen LogP contribution in [0.25, 0.3) is 0 Å². The van der Waals surface area contributed by atoms with E-state index in [9.17, 15) is 24.4 Å². The molecular formula is C13H8BrFN2O4. The van der Waals surface area contributed by atoms with Gasteiger partial charge in [0.2, 0.25) is 0 Å². The molecule has 0 saturated heterocycles. The highest BCUT2D eigenvalue weighted by Crippen LogP contribution is 2.27. The van der Waals surface area contributed by atoms with Crippen LogP contribution in [-0.4, -0.2) is 15.9 Å². The van der Waals surface area contributed by atoms with E-state index in [0.29, 0.717) is 4.47 Å². The highest BCUT2D eigenvalue weighted by Gasteiger charge is 2.17. The number of nitro benzene ring substituents is 1. The second-order valence-electron chi connectivity index (χ2n) is 4.04. The molecule has 0 aromatic heterocycles. The third-order valence-electron chi connectivity index (χ3n) is 2.61. The minimum atomic E-state index is -0.773. The lowest BCUT2D eigenvalue weighted by molar-refractivity contribution is -0.385. The molecule has 8 heteroatoms. The van der Waals surface area contributed by atoms with Crippen molar-refractivity contribution in [3.05, 3.63) is 62.4 Å². The zero-order chi connectivity index (χ0) is 15.6. The van der Waals surface area contributed by atoms with Gasteiger partial charge in [-0.2, -0.15) is 0 Å². The number of anilines is 1. The molecule has 0 atom stereocenters. The van der Waals surface area contributed by atoms with Gasteiger partial charge < -0.3 is 10.4 Å². The van der Waals surface area contributed by atoms with E-state index < -0.39 is 28.1 Å². The standard InChI is InChI=1S/C13H8BrFN2O4/c14-8-2-3-9(15)10(6-8)16-13(19)7-1-4-11(17(20)21)12(18)5-7/h1-6,18H,(H,16,19). The van der Waals surface area contributed by atoms with Gasteiger partial charge in [-0.25, -0.2) is 4.39 Å². The molecule has 0 fully saturated rings. The lowest BCUT2D eigenvalue weighted by Crippen LogP contribution is -2.13. The number of benzene rings is 2. The summed E-state index contributed by atoms with van der Waals surface area (Å²) in [4.78, 5) is 21.7. The van der Waals surface area contributed by atoms with Crippen molar-refractivity contribution in [2.45, 2.75) is 0 Å².